The fraction of sp³-hybridized carbons (Fsp3) is 0.333. The second-order valence-electron chi connectivity index (χ2n) is 3.44. The molecule has 1 aromatic carbocycles. The molecule has 0 fully saturated rings. The van der Waals surface area contributed by atoms with Crippen LogP contribution in [0.5, 0.6) is 0 Å². The van der Waals surface area contributed by atoms with E-state index in [1.807, 2.05) is 13.0 Å². The van der Waals surface area contributed by atoms with Gasteiger partial charge < -0.3 is 0 Å². The van der Waals surface area contributed by atoms with Gasteiger partial charge in [-0.3, -0.25) is 15.4 Å². The molecule has 1 atom stereocenters. The minimum atomic E-state index is -0.401. The molecule has 1 aromatic rings. The Hall–Kier alpha value is -1.86. The molecule has 0 saturated heterocycles. The van der Waals surface area contributed by atoms with E-state index in [0.717, 1.165) is 12.0 Å². The largest absolute Gasteiger partial charge is 0.300 e. The zero-order valence-corrected chi connectivity index (χ0v) is 9.14. The second-order valence-corrected chi connectivity index (χ2v) is 3.44. The molecular weight excluding hydrogens is 204 g/mol. The Morgan fingerprint density at radius 2 is 2.38 bits per heavy atom. The molecule has 0 bridgehead atoms. The molecule has 0 radical (unpaired) electrons. The predicted octanol–water partition coefficient (Wildman–Crippen LogP) is 2.10. The van der Waals surface area contributed by atoms with E-state index >= 15 is 0 Å². The maximum Gasteiger partial charge on any atom is 0.269 e. The van der Waals surface area contributed by atoms with Crippen molar-refractivity contribution in [1.82, 2.24) is 5.32 Å². The molecule has 16 heavy (non-hydrogen) atoms. The Balaban J connectivity index is 2.64. The average molecular weight is 218 g/mol. The van der Waals surface area contributed by atoms with Crippen molar-refractivity contribution in [2.24, 2.45) is 0 Å². The van der Waals surface area contributed by atoms with Gasteiger partial charge in [-0.15, -0.1) is 6.42 Å². The number of benzene rings is 1. The number of hydrogen-bond donors (Lipinski definition) is 1. The van der Waals surface area contributed by atoms with E-state index in [2.05, 4.69) is 11.2 Å². The van der Waals surface area contributed by atoms with E-state index in [-0.39, 0.29) is 11.7 Å². The summed E-state index contributed by atoms with van der Waals surface area (Å²) in [6.07, 6.45) is 6.14. The van der Waals surface area contributed by atoms with Crippen molar-refractivity contribution < 1.29 is 4.92 Å². The average Bonchev–Trinajstić information content (AvgIpc) is 2.31. The van der Waals surface area contributed by atoms with Crippen LogP contribution in [0.3, 0.4) is 0 Å². The normalized spacial score (nSPS) is 11.8. The first-order valence-corrected chi connectivity index (χ1v) is 5.10. The molecule has 0 amide bonds. The maximum atomic E-state index is 10.6. The highest BCUT2D eigenvalue weighted by Gasteiger charge is 2.06. The summed E-state index contributed by atoms with van der Waals surface area (Å²) >= 11 is 0. The van der Waals surface area contributed by atoms with Gasteiger partial charge in [0.1, 0.15) is 0 Å². The molecule has 0 saturated carbocycles. The zero-order chi connectivity index (χ0) is 12.0. The van der Waals surface area contributed by atoms with Gasteiger partial charge in [-0.25, -0.2) is 0 Å². The van der Waals surface area contributed by atoms with Gasteiger partial charge in [-0.05, 0) is 12.0 Å². The lowest BCUT2D eigenvalue weighted by Gasteiger charge is -2.10. The Morgan fingerprint density at radius 3 is 2.94 bits per heavy atom. The smallest absolute Gasteiger partial charge is 0.269 e. The summed E-state index contributed by atoms with van der Waals surface area (Å²) in [4.78, 5) is 10.2. The van der Waals surface area contributed by atoms with Crippen molar-refractivity contribution in [2.45, 2.75) is 25.9 Å². The van der Waals surface area contributed by atoms with Crippen LogP contribution in [-0.2, 0) is 6.54 Å². The summed E-state index contributed by atoms with van der Waals surface area (Å²) in [7, 11) is 0. The van der Waals surface area contributed by atoms with Crippen molar-refractivity contribution in [3.05, 3.63) is 39.9 Å². The topological polar surface area (TPSA) is 55.2 Å². The fourth-order valence-electron chi connectivity index (χ4n) is 1.34. The number of nitrogens with zero attached hydrogens (tertiary/aromatic N) is 1. The van der Waals surface area contributed by atoms with Crippen molar-refractivity contribution >= 4 is 5.69 Å². The number of non-ortho nitro benzene ring substituents is 1. The molecule has 4 nitrogen and oxygen atoms in total. The Morgan fingerprint density at radius 1 is 1.62 bits per heavy atom. The molecule has 84 valence electrons. The Labute approximate surface area is 94.8 Å². The first-order chi connectivity index (χ1) is 7.67. The van der Waals surface area contributed by atoms with Crippen LogP contribution < -0.4 is 5.32 Å². The van der Waals surface area contributed by atoms with Gasteiger partial charge in [0, 0.05) is 18.7 Å². The summed E-state index contributed by atoms with van der Waals surface area (Å²) in [5.74, 6) is 2.61. The number of nitrogens with one attached hydrogen (secondary N) is 1. The van der Waals surface area contributed by atoms with Gasteiger partial charge in [-0.2, -0.15) is 0 Å². The van der Waals surface area contributed by atoms with Crippen molar-refractivity contribution in [3.63, 3.8) is 0 Å². The van der Waals surface area contributed by atoms with Crippen molar-refractivity contribution in [3.8, 4) is 12.3 Å². The number of nitro benzene ring substituents is 1. The summed E-state index contributed by atoms with van der Waals surface area (Å²) in [5.41, 5.74) is 0.968. The van der Waals surface area contributed by atoms with Crippen LogP contribution in [0.1, 0.15) is 18.9 Å². The lowest BCUT2D eigenvalue weighted by Crippen LogP contribution is -2.26. The predicted molar refractivity (Wildman–Crippen MR) is 62.8 cm³/mol. The van der Waals surface area contributed by atoms with Gasteiger partial charge in [0.05, 0.1) is 11.0 Å². The summed E-state index contributed by atoms with van der Waals surface area (Å²) in [6.45, 7) is 2.54. The van der Waals surface area contributed by atoms with Gasteiger partial charge in [-0.1, -0.05) is 25.0 Å². The van der Waals surface area contributed by atoms with Crippen LogP contribution in [0.4, 0.5) is 5.69 Å². The number of nitro groups is 1. The highest BCUT2D eigenvalue weighted by atomic mass is 16.6. The molecule has 1 rings (SSSR count). The van der Waals surface area contributed by atoms with Gasteiger partial charge in [0.15, 0.2) is 0 Å². The number of terminal acetylenes is 1. The van der Waals surface area contributed by atoms with Crippen molar-refractivity contribution in [1.29, 1.82) is 0 Å². The number of rotatable bonds is 5. The zero-order valence-electron chi connectivity index (χ0n) is 9.14. The molecule has 1 unspecified atom stereocenters. The fourth-order valence-corrected chi connectivity index (χ4v) is 1.34. The molecule has 0 aliphatic rings. The maximum absolute atomic E-state index is 10.6. The Bertz CT molecular complexity index is 410. The lowest BCUT2D eigenvalue weighted by atomic mass is 10.1. The molecule has 0 aromatic heterocycles. The Kier molecular flexibility index (Phi) is 4.49. The quantitative estimate of drug-likeness (QED) is 0.467. The molecule has 1 N–H and O–H groups in total. The van der Waals surface area contributed by atoms with E-state index in [9.17, 15) is 10.1 Å². The first kappa shape index (κ1) is 12.2. The van der Waals surface area contributed by atoms with Crippen LogP contribution in [0.25, 0.3) is 0 Å². The van der Waals surface area contributed by atoms with E-state index in [0.29, 0.717) is 6.54 Å². The first-order valence-electron chi connectivity index (χ1n) is 5.10. The minimum absolute atomic E-state index is 0.0132. The molecule has 4 heteroatoms. The van der Waals surface area contributed by atoms with Crippen LogP contribution in [-0.4, -0.2) is 11.0 Å². The third kappa shape index (κ3) is 3.37. The van der Waals surface area contributed by atoms with E-state index < -0.39 is 4.92 Å². The molecule has 0 aliphatic carbocycles. The molecule has 0 aliphatic heterocycles. The third-order valence-electron chi connectivity index (χ3n) is 2.28. The second kappa shape index (κ2) is 5.89. The van der Waals surface area contributed by atoms with Crippen LogP contribution in [0, 0.1) is 22.5 Å². The highest BCUT2D eigenvalue weighted by molar-refractivity contribution is 5.34. The summed E-state index contributed by atoms with van der Waals surface area (Å²) in [5, 5.41) is 13.7. The van der Waals surface area contributed by atoms with E-state index in [1.54, 1.807) is 12.1 Å². The van der Waals surface area contributed by atoms with Gasteiger partial charge >= 0.3 is 0 Å². The van der Waals surface area contributed by atoms with E-state index in [4.69, 9.17) is 6.42 Å². The lowest BCUT2D eigenvalue weighted by molar-refractivity contribution is -0.384. The number of hydrogen-bond acceptors (Lipinski definition) is 3. The van der Waals surface area contributed by atoms with Crippen LogP contribution in [0.15, 0.2) is 24.3 Å². The molecule has 0 heterocycles. The SMILES string of the molecule is C#CC(CC)NCc1cccc([N+](=O)[O-])c1. The standard InChI is InChI=1S/C12H14N2O2/c1-3-11(4-2)13-9-10-6-5-7-12(8-10)14(15)16/h1,5-8,11,13H,4,9H2,2H3. The van der Waals surface area contributed by atoms with Crippen molar-refractivity contribution in [2.75, 3.05) is 0 Å². The van der Waals surface area contributed by atoms with Crippen LogP contribution >= 0.6 is 0 Å². The van der Waals surface area contributed by atoms with E-state index in [1.165, 1.54) is 6.07 Å². The molecule has 0 spiro atoms. The van der Waals surface area contributed by atoms with Crippen LogP contribution in [0.2, 0.25) is 0 Å². The minimum Gasteiger partial charge on any atom is -0.300 e. The third-order valence-corrected chi connectivity index (χ3v) is 2.28. The highest BCUT2D eigenvalue weighted by Crippen LogP contribution is 2.12. The monoisotopic (exact) mass is 218 g/mol. The van der Waals surface area contributed by atoms with Gasteiger partial charge in [0.2, 0.25) is 0 Å². The van der Waals surface area contributed by atoms with Gasteiger partial charge in [0.25, 0.3) is 5.69 Å². The summed E-state index contributed by atoms with van der Waals surface area (Å²) < 4.78 is 0. The molecular formula is C12H14N2O2. The summed E-state index contributed by atoms with van der Waals surface area (Å²) in [6, 6.07) is 6.55.